The van der Waals surface area contributed by atoms with E-state index in [2.05, 4.69) is 4.98 Å². The third-order valence-electron chi connectivity index (χ3n) is 6.27. The first-order valence-electron chi connectivity index (χ1n) is 11.0. The summed E-state index contributed by atoms with van der Waals surface area (Å²) in [6.45, 7) is 2.21. The number of aliphatic hydroxyl groups excluding tert-OH is 1. The second-order valence-electron chi connectivity index (χ2n) is 8.35. The monoisotopic (exact) mass is 456 g/mol. The number of amides is 1. The van der Waals surface area contributed by atoms with Crippen LogP contribution < -0.4 is 4.74 Å². The predicted octanol–water partition coefficient (Wildman–Crippen LogP) is 4.74. The van der Waals surface area contributed by atoms with Crippen molar-refractivity contribution in [2.75, 3.05) is 13.7 Å². The summed E-state index contributed by atoms with van der Waals surface area (Å²) in [6, 6.07) is 15.5. The standard InChI is InChI=1S/C27H24N2O5/c1-16-5-7-17(8-6-16)25(30)23-24(22-4-3-13-34-22)29(27(32)26(23)31)12-11-18-15-28-21-10-9-19(33-2)14-20(18)21/h3-10,13-15,24,28,30H,11-12H2,1-2H3/t24-/m1/s1. The lowest BCUT2D eigenvalue weighted by Crippen LogP contribution is -2.31. The lowest BCUT2D eigenvalue weighted by Gasteiger charge is -2.23. The Morgan fingerprint density at radius 3 is 2.65 bits per heavy atom. The molecule has 1 aliphatic heterocycles. The van der Waals surface area contributed by atoms with Crippen LogP contribution in [0.15, 0.2) is 77.0 Å². The van der Waals surface area contributed by atoms with Gasteiger partial charge in [0.05, 0.1) is 18.9 Å². The van der Waals surface area contributed by atoms with Crippen molar-refractivity contribution < 1.29 is 23.8 Å². The van der Waals surface area contributed by atoms with Gasteiger partial charge in [0.2, 0.25) is 0 Å². The molecule has 34 heavy (non-hydrogen) atoms. The Balaban J connectivity index is 1.52. The SMILES string of the molecule is COc1ccc2[nH]cc(CCN3C(=O)C(=O)C(=C(O)c4ccc(C)cc4)[C@H]3c3ccco3)c2c1. The summed E-state index contributed by atoms with van der Waals surface area (Å²) in [6.07, 6.45) is 3.89. The Morgan fingerprint density at radius 1 is 1.15 bits per heavy atom. The van der Waals surface area contributed by atoms with E-state index in [4.69, 9.17) is 9.15 Å². The molecule has 0 saturated carbocycles. The number of ketones is 1. The Morgan fingerprint density at radius 2 is 1.94 bits per heavy atom. The Labute approximate surface area is 196 Å². The number of carbonyl (C=O) groups excluding carboxylic acids is 2. The first-order chi connectivity index (χ1) is 16.5. The van der Waals surface area contributed by atoms with Crippen LogP contribution in [0.4, 0.5) is 0 Å². The molecule has 0 unspecified atom stereocenters. The van der Waals surface area contributed by atoms with E-state index in [1.807, 2.05) is 43.5 Å². The van der Waals surface area contributed by atoms with Crippen LogP contribution in [0.25, 0.3) is 16.7 Å². The van der Waals surface area contributed by atoms with Crippen molar-refractivity contribution in [3.63, 3.8) is 0 Å². The highest BCUT2D eigenvalue weighted by atomic mass is 16.5. The zero-order chi connectivity index (χ0) is 23.8. The van der Waals surface area contributed by atoms with Gasteiger partial charge in [-0.2, -0.15) is 0 Å². The van der Waals surface area contributed by atoms with E-state index in [1.165, 1.54) is 11.2 Å². The minimum Gasteiger partial charge on any atom is -0.507 e. The van der Waals surface area contributed by atoms with Crippen LogP contribution in [0.5, 0.6) is 5.75 Å². The topological polar surface area (TPSA) is 95.8 Å². The number of Topliss-reactive ketones (excluding diaryl/α,β-unsaturated/α-hetero) is 1. The smallest absolute Gasteiger partial charge is 0.295 e. The zero-order valence-electron chi connectivity index (χ0n) is 18.9. The fraction of sp³-hybridized carbons (Fsp3) is 0.185. The Kier molecular flexibility index (Phi) is 5.45. The molecule has 1 saturated heterocycles. The third-order valence-corrected chi connectivity index (χ3v) is 6.27. The van der Waals surface area contributed by atoms with E-state index in [1.54, 1.807) is 31.4 Å². The van der Waals surface area contributed by atoms with Crippen molar-refractivity contribution in [1.82, 2.24) is 9.88 Å². The molecule has 3 heterocycles. The highest BCUT2D eigenvalue weighted by Gasteiger charge is 2.47. The number of benzene rings is 2. The van der Waals surface area contributed by atoms with Gasteiger partial charge in [0.25, 0.3) is 11.7 Å². The number of carbonyl (C=O) groups is 2. The molecule has 7 nitrogen and oxygen atoms in total. The Bertz CT molecular complexity index is 1400. The van der Waals surface area contributed by atoms with Crippen molar-refractivity contribution >= 4 is 28.4 Å². The lowest BCUT2D eigenvalue weighted by atomic mass is 9.98. The summed E-state index contributed by atoms with van der Waals surface area (Å²) in [5, 5.41) is 12.0. The highest BCUT2D eigenvalue weighted by molar-refractivity contribution is 6.46. The highest BCUT2D eigenvalue weighted by Crippen LogP contribution is 2.39. The van der Waals surface area contributed by atoms with Crippen LogP contribution in [0.3, 0.4) is 0 Å². The van der Waals surface area contributed by atoms with E-state index in [-0.39, 0.29) is 17.9 Å². The van der Waals surface area contributed by atoms with E-state index >= 15 is 0 Å². The minimum absolute atomic E-state index is 0.0319. The molecule has 172 valence electrons. The number of ether oxygens (including phenoxy) is 1. The van der Waals surface area contributed by atoms with Gasteiger partial charge in [-0.15, -0.1) is 0 Å². The number of aromatic amines is 1. The number of H-pyrrole nitrogens is 1. The van der Waals surface area contributed by atoms with E-state index in [0.717, 1.165) is 27.8 Å². The largest absolute Gasteiger partial charge is 0.507 e. The summed E-state index contributed by atoms with van der Waals surface area (Å²) in [4.78, 5) is 30.9. The lowest BCUT2D eigenvalue weighted by molar-refractivity contribution is -0.140. The molecule has 0 aliphatic carbocycles. The summed E-state index contributed by atoms with van der Waals surface area (Å²) in [7, 11) is 1.62. The molecule has 0 spiro atoms. The molecule has 2 aromatic carbocycles. The molecular weight excluding hydrogens is 432 g/mol. The van der Waals surface area contributed by atoms with Gasteiger partial charge in [-0.1, -0.05) is 29.8 Å². The number of likely N-dealkylation sites (tertiary alicyclic amines) is 1. The fourth-order valence-electron chi connectivity index (χ4n) is 4.45. The van der Waals surface area contributed by atoms with E-state index < -0.39 is 17.7 Å². The van der Waals surface area contributed by atoms with Crippen LogP contribution in [-0.4, -0.2) is 40.3 Å². The summed E-state index contributed by atoms with van der Waals surface area (Å²) in [5.41, 5.74) is 3.48. The molecule has 2 aromatic heterocycles. The molecule has 2 N–H and O–H groups in total. The van der Waals surface area contributed by atoms with Crippen LogP contribution in [-0.2, 0) is 16.0 Å². The zero-order valence-corrected chi connectivity index (χ0v) is 18.9. The number of hydrogen-bond acceptors (Lipinski definition) is 5. The van der Waals surface area contributed by atoms with Crippen LogP contribution in [0.2, 0.25) is 0 Å². The number of fused-ring (bicyclic) bond motifs is 1. The molecule has 1 aliphatic rings. The maximum atomic E-state index is 13.1. The summed E-state index contributed by atoms with van der Waals surface area (Å²) >= 11 is 0. The molecule has 0 bridgehead atoms. The number of methoxy groups -OCH3 is 1. The van der Waals surface area contributed by atoms with Crippen LogP contribution >= 0.6 is 0 Å². The minimum atomic E-state index is -0.809. The van der Waals surface area contributed by atoms with Gasteiger partial charge in [-0.25, -0.2) is 0 Å². The van der Waals surface area contributed by atoms with Crippen molar-refractivity contribution in [2.24, 2.45) is 0 Å². The molecule has 5 rings (SSSR count). The number of aromatic nitrogens is 1. The number of nitrogens with zero attached hydrogens (tertiary/aromatic N) is 1. The van der Waals surface area contributed by atoms with Gasteiger partial charge in [-0.05, 0) is 49.2 Å². The number of rotatable bonds is 6. The second-order valence-corrected chi connectivity index (χ2v) is 8.35. The molecule has 7 heteroatoms. The summed E-state index contributed by atoms with van der Waals surface area (Å²) < 4.78 is 10.9. The van der Waals surface area contributed by atoms with Crippen LogP contribution in [0, 0.1) is 6.92 Å². The van der Waals surface area contributed by atoms with Crippen LogP contribution in [0.1, 0.15) is 28.5 Å². The van der Waals surface area contributed by atoms with Gasteiger partial charge in [0, 0.05) is 29.2 Å². The van der Waals surface area contributed by atoms with Gasteiger partial charge in [-0.3, -0.25) is 9.59 Å². The number of hydrogen-bond donors (Lipinski definition) is 2. The van der Waals surface area contributed by atoms with E-state index in [9.17, 15) is 14.7 Å². The molecule has 4 aromatic rings. The number of furan rings is 1. The maximum Gasteiger partial charge on any atom is 0.295 e. The second kappa shape index (κ2) is 8.59. The van der Waals surface area contributed by atoms with Gasteiger partial charge < -0.3 is 24.1 Å². The quantitative estimate of drug-likeness (QED) is 0.248. The number of aryl methyl sites for hydroxylation is 1. The van der Waals surface area contributed by atoms with Crippen molar-refractivity contribution in [2.45, 2.75) is 19.4 Å². The van der Waals surface area contributed by atoms with Gasteiger partial charge in [0.1, 0.15) is 23.3 Å². The van der Waals surface area contributed by atoms with Crippen molar-refractivity contribution in [1.29, 1.82) is 0 Å². The first-order valence-corrected chi connectivity index (χ1v) is 11.0. The molecule has 1 amide bonds. The maximum absolute atomic E-state index is 13.1. The molecular formula is C27H24N2O5. The normalized spacial score (nSPS) is 17.6. The Hall–Kier alpha value is -4.26. The van der Waals surface area contributed by atoms with Gasteiger partial charge in [0.15, 0.2) is 0 Å². The van der Waals surface area contributed by atoms with E-state index in [0.29, 0.717) is 17.7 Å². The first kappa shape index (κ1) is 21.6. The summed E-state index contributed by atoms with van der Waals surface area (Å²) in [5.74, 6) is -0.428. The molecule has 1 atom stereocenters. The average Bonchev–Trinajstić information content (AvgIpc) is 3.57. The number of nitrogens with one attached hydrogen (secondary N) is 1. The van der Waals surface area contributed by atoms with Gasteiger partial charge >= 0.3 is 0 Å². The van der Waals surface area contributed by atoms with Crippen molar-refractivity contribution in [3.8, 4) is 5.75 Å². The predicted molar refractivity (Wildman–Crippen MR) is 127 cm³/mol. The molecule has 0 radical (unpaired) electrons. The van der Waals surface area contributed by atoms with Crippen molar-refractivity contribution in [3.05, 3.63) is 95.1 Å². The average molecular weight is 456 g/mol. The third kappa shape index (κ3) is 3.65. The molecule has 1 fully saturated rings. The number of aliphatic hydroxyl groups is 1. The fourth-order valence-corrected chi connectivity index (χ4v) is 4.45.